The lowest BCUT2D eigenvalue weighted by molar-refractivity contribution is 0.0925. The molecule has 1 fully saturated rings. The lowest BCUT2D eigenvalue weighted by atomic mass is 10.0. The first-order chi connectivity index (χ1) is 12.0. The van der Waals surface area contributed by atoms with E-state index < -0.39 is 6.10 Å². The molecule has 0 radical (unpaired) electrons. The van der Waals surface area contributed by atoms with E-state index in [-0.39, 0.29) is 17.7 Å². The van der Waals surface area contributed by atoms with Crippen LogP contribution in [0.3, 0.4) is 0 Å². The zero-order chi connectivity index (χ0) is 18.0. The molecule has 0 bridgehead atoms. The molecule has 0 saturated carbocycles. The minimum atomic E-state index is -0.403. The number of amides is 1. The summed E-state index contributed by atoms with van der Waals surface area (Å²) in [7, 11) is 0. The third kappa shape index (κ3) is 3.75. The predicted molar refractivity (Wildman–Crippen MR) is 97.1 cm³/mol. The zero-order valence-electron chi connectivity index (χ0n) is 15.0. The number of carbonyl (C=O) groups is 1. The van der Waals surface area contributed by atoms with Crippen molar-refractivity contribution < 1.29 is 9.90 Å². The Hall–Kier alpha value is -2.18. The molecule has 6 nitrogen and oxygen atoms in total. The number of β-amino-alcohol motifs (C(OH)–C–C–N with tert-alkyl or cyclic N) is 1. The monoisotopic (exact) mass is 342 g/mol. The third-order valence-corrected chi connectivity index (χ3v) is 4.71. The highest BCUT2D eigenvalue weighted by atomic mass is 16.3. The molecule has 25 heavy (non-hydrogen) atoms. The highest BCUT2D eigenvalue weighted by Gasteiger charge is 2.26. The predicted octanol–water partition coefficient (Wildman–Crippen LogP) is 1.61. The summed E-state index contributed by atoms with van der Waals surface area (Å²) in [6.07, 6.45) is 1.23. The van der Waals surface area contributed by atoms with Crippen LogP contribution in [-0.4, -0.2) is 46.5 Å². The van der Waals surface area contributed by atoms with Crippen molar-refractivity contribution in [3.05, 3.63) is 47.3 Å². The topological polar surface area (TPSA) is 79.2 Å². The van der Waals surface area contributed by atoms with Gasteiger partial charge in [-0.1, -0.05) is 31.5 Å². The minimum Gasteiger partial charge on any atom is -0.391 e. The van der Waals surface area contributed by atoms with E-state index in [2.05, 4.69) is 29.6 Å². The van der Waals surface area contributed by atoms with Gasteiger partial charge in [0.05, 0.1) is 29.2 Å². The van der Waals surface area contributed by atoms with Gasteiger partial charge >= 0.3 is 0 Å². The van der Waals surface area contributed by atoms with E-state index >= 15 is 0 Å². The SMILES string of the molecule is Cc1ccc(-n2ncc(C(=O)NCC3CNCC3O)c2C(C)C)cc1. The molecule has 6 heteroatoms. The molecule has 2 aromatic rings. The number of hydrogen-bond donors (Lipinski definition) is 3. The van der Waals surface area contributed by atoms with Crippen LogP contribution in [0.1, 0.15) is 41.4 Å². The minimum absolute atomic E-state index is 0.0543. The van der Waals surface area contributed by atoms with Crippen LogP contribution >= 0.6 is 0 Å². The van der Waals surface area contributed by atoms with Gasteiger partial charge in [0.1, 0.15) is 0 Å². The summed E-state index contributed by atoms with van der Waals surface area (Å²) in [5.74, 6) is 0.0723. The van der Waals surface area contributed by atoms with Crippen LogP contribution < -0.4 is 10.6 Å². The number of aromatic nitrogens is 2. The Bertz CT molecular complexity index is 736. The van der Waals surface area contributed by atoms with Crippen molar-refractivity contribution >= 4 is 5.91 Å². The molecule has 0 aliphatic carbocycles. The standard InChI is InChI=1S/C19H26N4O2/c1-12(2)18-16(19(25)21-9-14-8-20-11-17(14)24)10-22-23(18)15-6-4-13(3)5-7-15/h4-7,10,12,14,17,20,24H,8-9,11H2,1-3H3,(H,21,25). The summed E-state index contributed by atoms with van der Waals surface area (Å²) in [4.78, 5) is 12.7. The fraction of sp³-hybridized carbons (Fsp3) is 0.474. The molecule has 2 unspecified atom stereocenters. The Labute approximate surface area is 148 Å². The lowest BCUT2D eigenvalue weighted by Gasteiger charge is -2.16. The molecule has 1 saturated heterocycles. The number of aryl methyl sites for hydroxylation is 1. The van der Waals surface area contributed by atoms with Gasteiger partial charge in [0.2, 0.25) is 0 Å². The van der Waals surface area contributed by atoms with Gasteiger partial charge in [-0.15, -0.1) is 0 Å². The van der Waals surface area contributed by atoms with Crippen LogP contribution in [0.4, 0.5) is 0 Å². The first-order valence-corrected chi connectivity index (χ1v) is 8.79. The van der Waals surface area contributed by atoms with Crippen molar-refractivity contribution in [3.63, 3.8) is 0 Å². The van der Waals surface area contributed by atoms with E-state index in [1.165, 1.54) is 5.56 Å². The van der Waals surface area contributed by atoms with E-state index in [0.717, 1.165) is 17.9 Å². The Morgan fingerprint density at radius 2 is 2.08 bits per heavy atom. The maximum Gasteiger partial charge on any atom is 0.254 e. The number of rotatable bonds is 5. The van der Waals surface area contributed by atoms with Gasteiger partial charge in [0.25, 0.3) is 5.91 Å². The molecule has 2 heterocycles. The number of aliphatic hydroxyl groups is 1. The van der Waals surface area contributed by atoms with Crippen LogP contribution in [0.25, 0.3) is 5.69 Å². The molecule has 1 aliphatic heterocycles. The average molecular weight is 342 g/mol. The quantitative estimate of drug-likeness (QED) is 0.771. The maximum atomic E-state index is 12.7. The van der Waals surface area contributed by atoms with Gasteiger partial charge in [-0.2, -0.15) is 5.10 Å². The van der Waals surface area contributed by atoms with E-state index in [0.29, 0.717) is 18.7 Å². The first kappa shape index (κ1) is 17.6. The Kier molecular flexibility index (Phi) is 5.20. The Morgan fingerprint density at radius 1 is 1.36 bits per heavy atom. The van der Waals surface area contributed by atoms with Crippen LogP contribution in [-0.2, 0) is 0 Å². The molecular weight excluding hydrogens is 316 g/mol. The van der Waals surface area contributed by atoms with Gasteiger partial charge in [0.15, 0.2) is 0 Å². The second-order valence-electron chi connectivity index (χ2n) is 7.04. The number of nitrogens with zero attached hydrogens (tertiary/aromatic N) is 2. The summed E-state index contributed by atoms with van der Waals surface area (Å²) in [6, 6.07) is 8.09. The van der Waals surface area contributed by atoms with E-state index in [4.69, 9.17) is 0 Å². The molecule has 134 valence electrons. The number of hydrogen-bond acceptors (Lipinski definition) is 4. The molecule has 1 amide bonds. The number of carbonyl (C=O) groups excluding carboxylic acids is 1. The summed E-state index contributed by atoms with van der Waals surface area (Å²) >= 11 is 0. The summed E-state index contributed by atoms with van der Waals surface area (Å²) < 4.78 is 1.84. The van der Waals surface area contributed by atoms with Gasteiger partial charge in [-0.3, -0.25) is 4.79 Å². The molecule has 2 atom stereocenters. The fourth-order valence-corrected chi connectivity index (χ4v) is 3.23. The Morgan fingerprint density at radius 3 is 2.68 bits per heavy atom. The van der Waals surface area contributed by atoms with Crippen molar-refractivity contribution in [1.29, 1.82) is 0 Å². The van der Waals surface area contributed by atoms with Crippen molar-refractivity contribution in [2.45, 2.75) is 32.8 Å². The van der Waals surface area contributed by atoms with Crippen molar-refractivity contribution in [2.75, 3.05) is 19.6 Å². The van der Waals surface area contributed by atoms with Gasteiger partial charge in [0, 0.05) is 25.6 Å². The number of benzene rings is 1. The molecular formula is C19H26N4O2. The van der Waals surface area contributed by atoms with E-state index in [1.54, 1.807) is 6.20 Å². The summed E-state index contributed by atoms with van der Waals surface area (Å²) in [5, 5.41) is 20.4. The summed E-state index contributed by atoms with van der Waals surface area (Å²) in [6.45, 7) is 7.93. The zero-order valence-corrected chi connectivity index (χ0v) is 15.0. The molecule has 0 spiro atoms. The smallest absolute Gasteiger partial charge is 0.254 e. The summed E-state index contributed by atoms with van der Waals surface area (Å²) in [5.41, 5.74) is 3.62. The molecule has 1 aromatic heterocycles. The molecule has 3 N–H and O–H groups in total. The second-order valence-corrected chi connectivity index (χ2v) is 7.04. The highest BCUT2D eigenvalue weighted by molar-refractivity contribution is 5.95. The number of nitrogens with one attached hydrogen (secondary N) is 2. The maximum absolute atomic E-state index is 12.7. The molecule has 1 aromatic carbocycles. The third-order valence-electron chi connectivity index (χ3n) is 4.71. The fourth-order valence-electron chi connectivity index (χ4n) is 3.23. The van der Waals surface area contributed by atoms with Gasteiger partial charge in [-0.05, 0) is 25.0 Å². The van der Waals surface area contributed by atoms with Crippen molar-refractivity contribution in [2.24, 2.45) is 5.92 Å². The lowest BCUT2D eigenvalue weighted by Crippen LogP contribution is -2.34. The van der Waals surface area contributed by atoms with Crippen LogP contribution in [0.2, 0.25) is 0 Å². The van der Waals surface area contributed by atoms with Gasteiger partial charge < -0.3 is 15.7 Å². The normalized spacial score (nSPS) is 20.2. The van der Waals surface area contributed by atoms with Gasteiger partial charge in [-0.25, -0.2) is 4.68 Å². The van der Waals surface area contributed by atoms with E-state index in [1.807, 2.05) is 35.9 Å². The van der Waals surface area contributed by atoms with Crippen LogP contribution in [0.15, 0.2) is 30.5 Å². The first-order valence-electron chi connectivity index (χ1n) is 8.79. The van der Waals surface area contributed by atoms with Crippen LogP contribution in [0.5, 0.6) is 0 Å². The van der Waals surface area contributed by atoms with Crippen molar-refractivity contribution in [3.8, 4) is 5.69 Å². The number of aliphatic hydroxyl groups excluding tert-OH is 1. The van der Waals surface area contributed by atoms with Crippen LogP contribution in [0, 0.1) is 12.8 Å². The van der Waals surface area contributed by atoms with E-state index in [9.17, 15) is 9.90 Å². The molecule has 3 rings (SSSR count). The largest absolute Gasteiger partial charge is 0.391 e. The average Bonchev–Trinajstić information content (AvgIpc) is 3.20. The molecule has 1 aliphatic rings. The van der Waals surface area contributed by atoms with Crippen molar-refractivity contribution in [1.82, 2.24) is 20.4 Å². The highest BCUT2D eigenvalue weighted by Crippen LogP contribution is 2.23. The second kappa shape index (κ2) is 7.37. The Balaban J connectivity index is 1.81.